The van der Waals surface area contributed by atoms with Gasteiger partial charge in [-0.15, -0.1) is 0 Å². The summed E-state index contributed by atoms with van der Waals surface area (Å²) in [5, 5.41) is 9.07. The highest BCUT2D eigenvalue weighted by molar-refractivity contribution is 6.05. The molecule has 3 saturated heterocycles. The number of fused-ring (bicyclic) bond motifs is 3. The molecule has 1 aromatic rings. The van der Waals surface area contributed by atoms with Gasteiger partial charge in [0, 0.05) is 43.7 Å². The number of nitrogens with one attached hydrogen (secondary N) is 3. The number of amides is 3. The molecule has 3 atom stereocenters. The number of carbonyl (C=O) groups excluding carboxylic acids is 3. The Morgan fingerprint density at radius 1 is 1.13 bits per heavy atom. The van der Waals surface area contributed by atoms with Crippen LogP contribution in [0.15, 0.2) is 18.2 Å². The van der Waals surface area contributed by atoms with Gasteiger partial charge in [0.1, 0.15) is 11.7 Å². The molecule has 7 nitrogen and oxygen atoms in total. The topological polar surface area (TPSA) is 90.5 Å². The number of imide groups is 1. The van der Waals surface area contributed by atoms with E-state index >= 15 is 4.39 Å². The minimum Gasteiger partial charge on any atom is -0.322 e. The van der Waals surface area contributed by atoms with Crippen LogP contribution in [0.3, 0.4) is 0 Å². The highest BCUT2D eigenvalue weighted by Gasteiger charge is 2.44. The highest BCUT2D eigenvalue weighted by atomic mass is 19.1. The molecule has 5 rings (SSSR count). The van der Waals surface area contributed by atoms with Gasteiger partial charge in [0.25, 0.3) is 5.91 Å². The zero-order valence-electron chi connectivity index (χ0n) is 16.9. The summed E-state index contributed by atoms with van der Waals surface area (Å²) in [4.78, 5) is 38.1. The normalized spacial score (nSPS) is 33.0. The zero-order valence-corrected chi connectivity index (χ0v) is 16.9. The van der Waals surface area contributed by atoms with Gasteiger partial charge < -0.3 is 15.5 Å². The molecule has 0 spiro atoms. The summed E-state index contributed by atoms with van der Waals surface area (Å²) < 4.78 is 15.3. The monoisotopic (exact) mass is 414 g/mol. The van der Waals surface area contributed by atoms with E-state index in [0.717, 1.165) is 24.0 Å². The van der Waals surface area contributed by atoms with Gasteiger partial charge >= 0.3 is 0 Å². The second-order valence-corrected chi connectivity index (χ2v) is 9.14. The van der Waals surface area contributed by atoms with Crippen molar-refractivity contribution in [3.8, 4) is 0 Å². The lowest BCUT2D eigenvalue weighted by Crippen LogP contribution is -2.52. The molecule has 4 aliphatic heterocycles. The van der Waals surface area contributed by atoms with Gasteiger partial charge in [-0.1, -0.05) is 12.1 Å². The van der Waals surface area contributed by atoms with E-state index in [-0.39, 0.29) is 30.3 Å². The number of nitrogens with zero attached hydrogens (tertiary/aromatic N) is 1. The van der Waals surface area contributed by atoms with Gasteiger partial charge in [0.15, 0.2) is 0 Å². The molecule has 3 unspecified atom stereocenters. The molecule has 160 valence electrons. The Morgan fingerprint density at radius 2 is 1.90 bits per heavy atom. The quantitative estimate of drug-likeness (QED) is 0.629. The fourth-order valence-electron chi connectivity index (χ4n) is 5.57. The van der Waals surface area contributed by atoms with Crippen LogP contribution in [-0.4, -0.2) is 53.0 Å². The number of halogens is 1. The molecule has 0 aromatic heterocycles. The van der Waals surface area contributed by atoms with E-state index in [4.69, 9.17) is 0 Å². The Kier molecular flexibility index (Phi) is 4.86. The van der Waals surface area contributed by atoms with Crippen molar-refractivity contribution >= 4 is 17.7 Å². The Labute approximate surface area is 174 Å². The number of benzene rings is 1. The van der Waals surface area contributed by atoms with Crippen molar-refractivity contribution in [1.82, 2.24) is 20.9 Å². The molecule has 2 bridgehead atoms. The van der Waals surface area contributed by atoms with Crippen LogP contribution >= 0.6 is 0 Å². The van der Waals surface area contributed by atoms with E-state index < -0.39 is 17.6 Å². The predicted molar refractivity (Wildman–Crippen MR) is 107 cm³/mol. The molecular weight excluding hydrogens is 387 g/mol. The predicted octanol–water partition coefficient (Wildman–Crippen LogP) is 1.16. The minimum absolute atomic E-state index is 0.182. The molecule has 0 aliphatic carbocycles. The molecule has 3 N–H and O–H groups in total. The first-order chi connectivity index (χ1) is 14.4. The molecule has 8 heteroatoms. The molecule has 4 aliphatic rings. The largest absolute Gasteiger partial charge is 0.322 e. The third-order valence-electron chi connectivity index (χ3n) is 7.00. The van der Waals surface area contributed by atoms with E-state index in [0.29, 0.717) is 44.5 Å². The van der Waals surface area contributed by atoms with Gasteiger partial charge in [0.2, 0.25) is 11.8 Å². The van der Waals surface area contributed by atoms with Crippen molar-refractivity contribution in [3.05, 3.63) is 34.9 Å². The molecule has 0 saturated carbocycles. The van der Waals surface area contributed by atoms with Crippen LogP contribution < -0.4 is 16.0 Å². The SMILES string of the molecule is O=C1CCC(N2Cc3c(CNCC4(F)CC5CCC(C4)N5)cccc3C2=O)C(=O)N1. The minimum atomic E-state index is -1.19. The average Bonchev–Trinajstić information content (AvgIpc) is 3.22. The van der Waals surface area contributed by atoms with Gasteiger partial charge in [-0.3, -0.25) is 19.7 Å². The second kappa shape index (κ2) is 7.42. The maximum atomic E-state index is 15.3. The van der Waals surface area contributed by atoms with Crippen LogP contribution in [-0.2, 0) is 22.7 Å². The third kappa shape index (κ3) is 3.52. The second-order valence-electron chi connectivity index (χ2n) is 9.14. The fraction of sp³-hybridized carbons (Fsp3) is 0.591. The number of carbonyl (C=O) groups is 3. The summed E-state index contributed by atoms with van der Waals surface area (Å²) >= 11 is 0. The molecule has 1 aromatic carbocycles. The third-order valence-corrected chi connectivity index (χ3v) is 7.00. The molecule has 3 amide bonds. The van der Waals surface area contributed by atoms with Crippen molar-refractivity contribution in [2.45, 2.75) is 75.4 Å². The molecule has 3 fully saturated rings. The first-order valence-electron chi connectivity index (χ1n) is 10.8. The average molecular weight is 414 g/mol. The maximum absolute atomic E-state index is 15.3. The van der Waals surface area contributed by atoms with Crippen molar-refractivity contribution < 1.29 is 18.8 Å². The lowest BCUT2D eigenvalue weighted by Gasteiger charge is -2.35. The Balaban J connectivity index is 1.25. The lowest BCUT2D eigenvalue weighted by molar-refractivity contribution is -0.136. The highest BCUT2D eigenvalue weighted by Crippen LogP contribution is 2.36. The van der Waals surface area contributed by atoms with Crippen molar-refractivity contribution in [2.24, 2.45) is 0 Å². The molecule has 0 radical (unpaired) electrons. The van der Waals surface area contributed by atoms with Crippen LogP contribution in [0.2, 0.25) is 0 Å². The Bertz CT molecular complexity index is 892. The van der Waals surface area contributed by atoms with Crippen LogP contribution in [0.25, 0.3) is 0 Å². The van der Waals surface area contributed by atoms with Gasteiger partial charge in [-0.2, -0.15) is 0 Å². The van der Waals surface area contributed by atoms with Gasteiger partial charge in [0.05, 0.1) is 0 Å². The van der Waals surface area contributed by atoms with Crippen LogP contribution in [0.1, 0.15) is 60.0 Å². The lowest BCUT2D eigenvalue weighted by atomic mass is 9.89. The standard InChI is InChI=1S/C22H27FN4O3/c23-22(8-14-4-5-15(9-22)25-14)12-24-10-13-2-1-3-16-17(13)11-27(21(16)30)18-6-7-19(28)26-20(18)29/h1-3,14-15,18,24-25H,4-12H2,(H,26,28,29). The summed E-state index contributed by atoms with van der Waals surface area (Å²) in [5.74, 6) is -0.887. The number of piperidine rings is 2. The Hall–Kier alpha value is -2.32. The summed E-state index contributed by atoms with van der Waals surface area (Å²) in [5.41, 5.74) is 1.24. The molecule has 30 heavy (non-hydrogen) atoms. The number of hydrogen-bond acceptors (Lipinski definition) is 5. The first-order valence-corrected chi connectivity index (χ1v) is 10.8. The van der Waals surface area contributed by atoms with Crippen LogP contribution in [0.4, 0.5) is 4.39 Å². The van der Waals surface area contributed by atoms with E-state index in [1.54, 1.807) is 11.0 Å². The fourth-order valence-corrected chi connectivity index (χ4v) is 5.57. The van der Waals surface area contributed by atoms with Crippen molar-refractivity contribution in [3.63, 3.8) is 0 Å². The molecular formula is C22H27FN4O3. The number of rotatable bonds is 5. The molecule has 4 heterocycles. The number of alkyl halides is 1. The van der Waals surface area contributed by atoms with E-state index in [2.05, 4.69) is 16.0 Å². The first kappa shape index (κ1) is 19.6. The van der Waals surface area contributed by atoms with Gasteiger partial charge in [-0.05, 0) is 49.3 Å². The zero-order chi connectivity index (χ0) is 20.9. The van der Waals surface area contributed by atoms with Gasteiger partial charge in [-0.25, -0.2) is 4.39 Å². The maximum Gasteiger partial charge on any atom is 0.255 e. The van der Waals surface area contributed by atoms with Crippen molar-refractivity contribution in [1.29, 1.82) is 0 Å². The van der Waals surface area contributed by atoms with Crippen LogP contribution in [0, 0.1) is 0 Å². The van der Waals surface area contributed by atoms with E-state index in [9.17, 15) is 14.4 Å². The van der Waals surface area contributed by atoms with Crippen LogP contribution in [0.5, 0.6) is 0 Å². The smallest absolute Gasteiger partial charge is 0.255 e. The Morgan fingerprint density at radius 3 is 2.63 bits per heavy atom. The van der Waals surface area contributed by atoms with E-state index in [1.807, 2.05) is 12.1 Å². The summed E-state index contributed by atoms with van der Waals surface area (Å²) in [6, 6.07) is 5.51. The summed E-state index contributed by atoms with van der Waals surface area (Å²) in [6.07, 6.45) is 3.79. The summed E-state index contributed by atoms with van der Waals surface area (Å²) in [7, 11) is 0. The number of hydrogen-bond donors (Lipinski definition) is 3. The summed E-state index contributed by atoms with van der Waals surface area (Å²) in [6.45, 7) is 1.12. The van der Waals surface area contributed by atoms with E-state index in [1.165, 1.54) is 0 Å². The van der Waals surface area contributed by atoms with Crippen molar-refractivity contribution in [2.75, 3.05) is 6.54 Å².